The molecule has 270 valence electrons. The van der Waals surface area contributed by atoms with Crippen LogP contribution >= 0.6 is 17.0 Å². The summed E-state index contributed by atoms with van der Waals surface area (Å²) < 4.78 is 0. The van der Waals surface area contributed by atoms with E-state index in [1.165, 1.54) is 76.1 Å². The van der Waals surface area contributed by atoms with Gasteiger partial charge in [0, 0.05) is 23.2 Å². The first-order valence-electron chi connectivity index (χ1n) is 18.3. The fraction of sp³-hybridized carbons (Fsp3) is 0.0400. The third-order valence-electron chi connectivity index (χ3n) is 9.43. The van der Waals surface area contributed by atoms with E-state index in [1.54, 1.807) is 0 Å². The van der Waals surface area contributed by atoms with Crippen LogP contribution in [0, 0.1) is 13.8 Å². The van der Waals surface area contributed by atoms with Crippen molar-refractivity contribution in [1.82, 2.24) is 9.97 Å². The molecule has 0 amide bonds. The summed E-state index contributed by atoms with van der Waals surface area (Å²) in [6.45, 7) is 4.28. The van der Waals surface area contributed by atoms with Crippen molar-refractivity contribution in [2.75, 3.05) is 0 Å². The molecule has 6 heteroatoms. The maximum Gasteiger partial charge on any atom is 0.121 e. The average Bonchev–Trinajstić information content (AvgIpc) is 3.83. The number of halogens is 2. The van der Waals surface area contributed by atoms with Gasteiger partial charge in [-0.05, 0) is 35.4 Å². The third-order valence-corrected chi connectivity index (χ3v) is 10.7. The maximum absolute atomic E-state index is 4.93. The van der Waals surface area contributed by atoms with Crippen molar-refractivity contribution in [3.05, 3.63) is 206 Å². The number of benzene rings is 6. The predicted molar refractivity (Wildman–Crippen MR) is 240 cm³/mol. The second-order valence-corrected chi connectivity index (χ2v) is 18.6. The van der Waals surface area contributed by atoms with Crippen LogP contribution in [0.3, 0.4) is 0 Å². The van der Waals surface area contributed by atoms with Gasteiger partial charge >= 0.3 is 37.9 Å². The smallest absolute Gasteiger partial charge is 0.0631 e. The molecule has 0 spiro atoms. The first kappa shape index (κ1) is 39.3. The Kier molecular flexibility index (Phi) is 13.5. The van der Waals surface area contributed by atoms with E-state index < -0.39 is 20.8 Å². The van der Waals surface area contributed by atoms with Crippen molar-refractivity contribution < 1.29 is 20.8 Å². The number of hydrogen-bond donors (Lipinski definition) is 0. The summed E-state index contributed by atoms with van der Waals surface area (Å²) in [5, 5.41) is 10.4. The molecule has 2 heterocycles. The fourth-order valence-corrected chi connectivity index (χ4v) is 7.97. The first-order chi connectivity index (χ1) is 27.5. The van der Waals surface area contributed by atoms with Crippen molar-refractivity contribution in [1.29, 1.82) is 0 Å². The van der Waals surface area contributed by atoms with E-state index in [4.69, 9.17) is 17.0 Å². The molecule has 0 fully saturated rings. The Balaban J connectivity index is 0.000000127. The monoisotopic (exact) mass is 854 g/mol. The predicted octanol–water partition coefficient (Wildman–Crippen LogP) is 12.9. The molecule has 0 bridgehead atoms. The molecule has 10 aromatic rings. The number of aryl methyl sites for hydroxylation is 2. The number of pyridine rings is 2. The maximum atomic E-state index is 4.93. The van der Waals surface area contributed by atoms with Gasteiger partial charge in [0.1, 0.15) is 9.52 Å². The zero-order valence-corrected chi connectivity index (χ0v) is 36.1. The Labute approximate surface area is 350 Å². The Morgan fingerprint density at radius 3 is 1.29 bits per heavy atom. The van der Waals surface area contributed by atoms with Crippen LogP contribution in [0.1, 0.15) is 11.1 Å². The molecule has 0 aliphatic rings. The Bertz CT molecular complexity index is 2620. The Hall–Kier alpha value is -4.96. The number of hydrogen-bond acceptors (Lipinski definition) is 2. The van der Waals surface area contributed by atoms with E-state index in [0.717, 1.165) is 20.6 Å². The summed E-state index contributed by atoms with van der Waals surface area (Å²) in [6.07, 6.45) is 3.94. The van der Waals surface area contributed by atoms with Gasteiger partial charge in [-0.2, -0.15) is 12.1 Å². The van der Waals surface area contributed by atoms with Crippen LogP contribution in [0.25, 0.3) is 65.6 Å². The van der Waals surface area contributed by atoms with Crippen molar-refractivity contribution in [2.24, 2.45) is 0 Å². The molecule has 0 saturated carbocycles. The molecule has 0 atom stereocenters. The van der Waals surface area contributed by atoms with Crippen molar-refractivity contribution in [3.63, 3.8) is 0 Å². The number of aromatic nitrogens is 2. The first-order valence-corrected chi connectivity index (χ1v) is 25.7. The number of para-hydroxylation sites is 2. The summed E-state index contributed by atoms with van der Waals surface area (Å²) in [6, 6.07) is 64.0. The Morgan fingerprint density at radius 2 is 0.857 bits per heavy atom. The van der Waals surface area contributed by atoms with Gasteiger partial charge < -0.3 is 0 Å². The molecule has 2 radical (unpaired) electrons. The van der Waals surface area contributed by atoms with Crippen LogP contribution in [0.5, 0.6) is 0 Å². The zero-order chi connectivity index (χ0) is 38.7. The Morgan fingerprint density at radius 1 is 0.464 bits per heavy atom. The molecule has 0 aliphatic heterocycles. The van der Waals surface area contributed by atoms with Crippen LogP contribution in [0.2, 0.25) is 0 Å². The molecule has 0 unspecified atom stereocenters. The van der Waals surface area contributed by atoms with Gasteiger partial charge in [-0.3, -0.25) is 9.97 Å². The molecule has 8 aromatic carbocycles. The summed E-state index contributed by atoms with van der Waals surface area (Å²) >= 11 is -0.826. The van der Waals surface area contributed by atoms with Gasteiger partial charge in [-0.15, -0.1) is 69.1 Å². The topological polar surface area (TPSA) is 25.8 Å². The minimum Gasteiger partial charge on any atom is -0.0631 e. The SMILES string of the molecule is Cc1cc2c(-c3cnc4ccccc4c3)cccc2[cH-]1.Cc1cc2c(-c3cnc4ccccc4c3)cccc2[cH-]1.[Cl][Zr+2][Cl].c1ccc([Si]c2ccccc2)cc1. The molecule has 0 N–H and O–H groups in total. The molecule has 0 saturated heterocycles. The fourth-order valence-electron chi connectivity index (χ4n) is 6.92. The quantitative estimate of drug-likeness (QED) is 0.130. The van der Waals surface area contributed by atoms with Crippen molar-refractivity contribution in [2.45, 2.75) is 13.8 Å². The molecule has 2 aromatic heterocycles. The summed E-state index contributed by atoms with van der Waals surface area (Å²) in [5.41, 5.74) is 9.58. The van der Waals surface area contributed by atoms with E-state index in [1.807, 2.05) is 36.7 Å². The van der Waals surface area contributed by atoms with Gasteiger partial charge in [-0.1, -0.05) is 145 Å². The minimum absolute atomic E-state index is 0.777. The van der Waals surface area contributed by atoms with Crippen LogP contribution < -0.4 is 10.4 Å². The third kappa shape index (κ3) is 9.88. The van der Waals surface area contributed by atoms with Crippen LogP contribution in [-0.2, 0) is 20.8 Å². The second kappa shape index (κ2) is 19.3. The molecule has 0 aliphatic carbocycles. The standard InChI is InChI=1S/2C19H14N.C12H10Si.2ClH.Zr/c2*1-13-9-14-6-4-7-17(18(14)10-13)16-11-15-5-2-3-8-19(15)20-12-16;1-3-7-11(8-4-1)13-12-9-5-2-6-10-12;;;/h2*2-12H,1H3;1-10H;2*1H;/q2*-1;;;;+4/p-2. The summed E-state index contributed by atoms with van der Waals surface area (Å²) in [4.78, 5) is 9.14. The van der Waals surface area contributed by atoms with Gasteiger partial charge in [-0.25, -0.2) is 0 Å². The van der Waals surface area contributed by atoms with Gasteiger partial charge in [0.25, 0.3) is 0 Å². The van der Waals surface area contributed by atoms with Crippen LogP contribution in [0.15, 0.2) is 194 Å². The van der Waals surface area contributed by atoms with E-state index in [0.29, 0.717) is 0 Å². The van der Waals surface area contributed by atoms with Crippen molar-refractivity contribution in [3.8, 4) is 22.3 Å². The van der Waals surface area contributed by atoms with Crippen LogP contribution in [-0.4, -0.2) is 19.5 Å². The molecule has 56 heavy (non-hydrogen) atoms. The minimum atomic E-state index is -0.826. The van der Waals surface area contributed by atoms with E-state index >= 15 is 0 Å². The largest absolute Gasteiger partial charge is 0.121 e. The number of nitrogens with zero attached hydrogens (tertiary/aromatic N) is 2. The van der Waals surface area contributed by atoms with Crippen molar-refractivity contribution >= 4 is 80.3 Å². The molecule has 10 rings (SSSR count). The summed E-state index contributed by atoms with van der Waals surface area (Å²) in [7, 11) is 10.6. The summed E-state index contributed by atoms with van der Waals surface area (Å²) in [5.74, 6) is 0. The van der Waals surface area contributed by atoms with E-state index in [-0.39, 0.29) is 0 Å². The zero-order valence-electron chi connectivity index (χ0n) is 31.1. The molecule has 2 nitrogen and oxygen atoms in total. The molecular weight excluding hydrogens is 819 g/mol. The van der Waals surface area contributed by atoms with Crippen LogP contribution in [0.4, 0.5) is 0 Å². The number of rotatable bonds is 4. The van der Waals surface area contributed by atoms with Gasteiger partial charge in [0.2, 0.25) is 0 Å². The van der Waals surface area contributed by atoms with E-state index in [2.05, 4.69) is 182 Å². The average molecular weight is 857 g/mol. The van der Waals surface area contributed by atoms with Gasteiger partial charge in [0.05, 0.1) is 11.0 Å². The van der Waals surface area contributed by atoms with E-state index in [9.17, 15) is 0 Å². The van der Waals surface area contributed by atoms with Gasteiger partial charge in [0.15, 0.2) is 0 Å². The second-order valence-electron chi connectivity index (χ2n) is 13.4. The number of fused-ring (bicyclic) bond motifs is 4. The molecular formula is C50H38Cl2N2SiZr. The normalized spacial score (nSPS) is 10.5.